The minimum absolute atomic E-state index is 0.176. The molecule has 392 valence electrons. The quantitative estimate of drug-likeness (QED) is 0.0211. The van der Waals surface area contributed by atoms with E-state index < -0.39 is 24.3 Å². The maximum atomic E-state index is 12.8. The van der Waals surface area contributed by atoms with Crippen molar-refractivity contribution in [2.24, 2.45) is 0 Å². The Hall–Kier alpha value is -4.05. The van der Waals surface area contributed by atoms with Crippen LogP contribution in [0.4, 0.5) is 0 Å². The molecule has 0 fully saturated rings. The summed E-state index contributed by atoms with van der Waals surface area (Å²) in [5.74, 6) is -2.06. The number of esters is 2. The number of allylic oxidation sites excluding steroid dienone is 18. The van der Waals surface area contributed by atoms with Crippen molar-refractivity contribution < 1.29 is 42.9 Å². The van der Waals surface area contributed by atoms with Gasteiger partial charge in [-0.3, -0.25) is 9.59 Å². The Balaban J connectivity index is 4.39. The number of likely N-dealkylation sites (N-methyl/N-ethyl adjacent to an activating group) is 1. The SMILES string of the molecule is CC/C=C\C/C=C\C/C=C\C/C=C\C/C=C\C/C=C\C/C=C\CCCCCCCC(=O)OC(COC(=O)CCCCCCCCC/C=C\C/C=C\CCCCC)COC(OCC[N+](C)(C)C)C(=O)O. The normalized spacial score (nSPS) is 13.7. The van der Waals surface area contributed by atoms with E-state index in [1.165, 1.54) is 44.9 Å². The lowest BCUT2D eigenvalue weighted by atomic mass is 10.1. The summed E-state index contributed by atoms with van der Waals surface area (Å²) in [5, 5.41) is 9.68. The highest BCUT2D eigenvalue weighted by Gasteiger charge is 2.25. The van der Waals surface area contributed by atoms with Crippen LogP contribution in [0, 0.1) is 0 Å². The number of aliphatic carboxylic acids is 1. The maximum Gasteiger partial charge on any atom is 0.361 e. The van der Waals surface area contributed by atoms with Crippen molar-refractivity contribution in [3.63, 3.8) is 0 Å². The number of rotatable bonds is 48. The molecule has 0 radical (unpaired) electrons. The zero-order valence-electron chi connectivity index (χ0n) is 44.4. The molecule has 9 nitrogen and oxygen atoms in total. The van der Waals surface area contributed by atoms with E-state index in [1.807, 2.05) is 21.1 Å². The van der Waals surface area contributed by atoms with Crippen LogP contribution in [-0.4, -0.2) is 87.4 Å². The number of carboxylic acid groups (broad SMARTS) is 1. The highest BCUT2D eigenvalue weighted by molar-refractivity contribution is 5.71. The first-order valence-electron chi connectivity index (χ1n) is 27.1. The lowest BCUT2D eigenvalue weighted by Crippen LogP contribution is -2.40. The Morgan fingerprint density at radius 2 is 0.826 bits per heavy atom. The van der Waals surface area contributed by atoms with Gasteiger partial charge >= 0.3 is 17.9 Å². The fraction of sp³-hybridized carbons (Fsp3) is 0.650. The molecule has 0 spiro atoms. The molecule has 0 amide bonds. The minimum Gasteiger partial charge on any atom is -0.477 e. The molecule has 0 saturated heterocycles. The molecule has 0 aromatic rings. The third kappa shape index (κ3) is 51.6. The van der Waals surface area contributed by atoms with Crippen molar-refractivity contribution in [1.82, 2.24) is 0 Å². The van der Waals surface area contributed by atoms with Crippen molar-refractivity contribution in [2.75, 3.05) is 47.5 Å². The van der Waals surface area contributed by atoms with Crippen LogP contribution in [0.15, 0.2) is 109 Å². The first-order valence-corrected chi connectivity index (χ1v) is 27.1. The maximum absolute atomic E-state index is 12.8. The monoisotopic (exact) mass is 963 g/mol. The minimum atomic E-state index is -1.52. The van der Waals surface area contributed by atoms with Crippen LogP contribution in [0.3, 0.4) is 0 Å². The van der Waals surface area contributed by atoms with Crippen LogP contribution >= 0.6 is 0 Å². The summed E-state index contributed by atoms with van der Waals surface area (Å²) < 4.78 is 22.8. The molecule has 0 aromatic heterocycles. The van der Waals surface area contributed by atoms with E-state index >= 15 is 0 Å². The molecule has 9 heteroatoms. The molecule has 0 aliphatic carbocycles. The Kier molecular flexibility index (Phi) is 47.4. The summed E-state index contributed by atoms with van der Waals surface area (Å²) in [4.78, 5) is 37.3. The average molecular weight is 963 g/mol. The lowest BCUT2D eigenvalue weighted by Gasteiger charge is -2.25. The molecule has 0 saturated carbocycles. The molecular weight excluding hydrogens is 863 g/mol. The number of carbonyl (C=O) groups is 3. The highest BCUT2D eigenvalue weighted by atomic mass is 16.7. The zero-order chi connectivity index (χ0) is 50.6. The highest BCUT2D eigenvalue weighted by Crippen LogP contribution is 2.13. The fourth-order valence-electron chi connectivity index (χ4n) is 6.84. The van der Waals surface area contributed by atoms with E-state index in [-0.39, 0.29) is 38.6 Å². The van der Waals surface area contributed by atoms with Gasteiger partial charge in [-0.2, -0.15) is 0 Å². The summed E-state index contributed by atoms with van der Waals surface area (Å²) in [5.41, 5.74) is 0. The summed E-state index contributed by atoms with van der Waals surface area (Å²) in [6.45, 7) is 4.68. The summed E-state index contributed by atoms with van der Waals surface area (Å²) >= 11 is 0. The number of ether oxygens (including phenoxy) is 4. The second-order valence-electron chi connectivity index (χ2n) is 18.8. The van der Waals surface area contributed by atoms with Crippen molar-refractivity contribution in [2.45, 2.75) is 206 Å². The summed E-state index contributed by atoms with van der Waals surface area (Å²) in [7, 11) is 5.94. The van der Waals surface area contributed by atoms with Gasteiger partial charge < -0.3 is 28.5 Å². The van der Waals surface area contributed by atoms with E-state index in [0.29, 0.717) is 17.4 Å². The Morgan fingerprint density at radius 3 is 1.23 bits per heavy atom. The van der Waals surface area contributed by atoms with E-state index in [4.69, 9.17) is 18.9 Å². The zero-order valence-corrected chi connectivity index (χ0v) is 44.4. The second kappa shape index (κ2) is 50.3. The van der Waals surface area contributed by atoms with E-state index in [9.17, 15) is 19.5 Å². The van der Waals surface area contributed by atoms with Gasteiger partial charge in [-0.15, -0.1) is 0 Å². The number of nitrogens with zero attached hydrogens (tertiary/aromatic N) is 1. The Bertz CT molecular complexity index is 1490. The largest absolute Gasteiger partial charge is 0.477 e. The van der Waals surface area contributed by atoms with E-state index in [2.05, 4.69) is 123 Å². The van der Waals surface area contributed by atoms with Gasteiger partial charge in [0.2, 0.25) is 0 Å². The van der Waals surface area contributed by atoms with Crippen LogP contribution < -0.4 is 0 Å². The summed E-state index contributed by atoms with van der Waals surface area (Å²) in [6, 6.07) is 0. The lowest BCUT2D eigenvalue weighted by molar-refractivity contribution is -0.870. The molecule has 2 atom stereocenters. The van der Waals surface area contributed by atoms with Gasteiger partial charge in [0, 0.05) is 12.8 Å². The van der Waals surface area contributed by atoms with Gasteiger partial charge in [0.1, 0.15) is 13.2 Å². The first-order chi connectivity index (χ1) is 33.6. The van der Waals surface area contributed by atoms with Crippen LogP contribution in [0.1, 0.15) is 194 Å². The molecule has 1 N–H and O–H groups in total. The first kappa shape index (κ1) is 65.0. The van der Waals surface area contributed by atoms with Crippen molar-refractivity contribution in [3.05, 3.63) is 109 Å². The van der Waals surface area contributed by atoms with Crippen molar-refractivity contribution >= 4 is 17.9 Å². The number of hydrogen-bond donors (Lipinski definition) is 1. The molecule has 69 heavy (non-hydrogen) atoms. The van der Waals surface area contributed by atoms with Crippen LogP contribution in [0.25, 0.3) is 0 Å². The van der Waals surface area contributed by atoms with Gasteiger partial charge in [0.15, 0.2) is 6.10 Å². The van der Waals surface area contributed by atoms with Crippen molar-refractivity contribution in [1.29, 1.82) is 0 Å². The van der Waals surface area contributed by atoms with E-state index in [0.717, 1.165) is 116 Å². The van der Waals surface area contributed by atoms with Crippen LogP contribution in [0.2, 0.25) is 0 Å². The molecule has 0 aliphatic heterocycles. The van der Waals surface area contributed by atoms with Gasteiger partial charge in [0.05, 0.1) is 34.4 Å². The number of hydrogen-bond acceptors (Lipinski definition) is 7. The molecule has 2 unspecified atom stereocenters. The molecule has 0 aliphatic rings. The van der Waals surface area contributed by atoms with Crippen LogP contribution in [0.5, 0.6) is 0 Å². The van der Waals surface area contributed by atoms with Crippen molar-refractivity contribution in [3.8, 4) is 0 Å². The predicted molar refractivity (Wildman–Crippen MR) is 290 cm³/mol. The average Bonchev–Trinajstić information content (AvgIpc) is 3.31. The van der Waals surface area contributed by atoms with Gasteiger partial charge in [-0.1, -0.05) is 187 Å². The molecule has 0 aromatic carbocycles. The predicted octanol–water partition coefficient (Wildman–Crippen LogP) is 15.6. The fourth-order valence-corrected chi connectivity index (χ4v) is 6.84. The van der Waals surface area contributed by atoms with Crippen LogP contribution in [-0.2, 0) is 33.3 Å². The third-order valence-corrected chi connectivity index (χ3v) is 11.0. The topological polar surface area (TPSA) is 108 Å². The third-order valence-electron chi connectivity index (χ3n) is 11.0. The summed E-state index contributed by atoms with van der Waals surface area (Å²) in [6.07, 6.45) is 65.8. The van der Waals surface area contributed by atoms with Gasteiger partial charge in [0.25, 0.3) is 6.29 Å². The standard InChI is InChI=1S/C60H99NO8/c1-6-8-10-12-14-16-18-20-22-24-25-26-27-28-29-30-31-32-33-35-37-39-41-43-45-47-49-51-58(63)69-56(55-68-60(59(64)65)66-53-52-61(3,4)5)54-67-57(62)50-48-46-44-42-40-38-36-34-23-21-19-17-15-13-11-9-7-2/h8,10,14-17,20-23,25-26,28-29,31-32,35,37,56,60H,6-7,9,11-13,18-19,24,27,30,33-34,36,38-55H2,1-5H3/p+1/b10-8-,16-14-,17-15-,22-20-,23-21-,26-25-,29-28-,32-31-,37-35-. The molecule has 0 rings (SSSR count). The Labute approximate surface area is 422 Å². The Morgan fingerprint density at radius 1 is 0.449 bits per heavy atom. The number of carbonyl (C=O) groups excluding carboxylic acids is 2. The van der Waals surface area contributed by atoms with E-state index in [1.54, 1.807) is 0 Å². The smallest absolute Gasteiger partial charge is 0.361 e. The number of unbranched alkanes of at least 4 members (excludes halogenated alkanes) is 15. The van der Waals surface area contributed by atoms with Gasteiger partial charge in [-0.05, 0) is 103 Å². The number of carboxylic acids is 1. The van der Waals surface area contributed by atoms with Gasteiger partial charge in [-0.25, -0.2) is 4.79 Å². The molecule has 0 bridgehead atoms. The molecule has 0 heterocycles. The number of quaternary nitrogens is 1. The second-order valence-corrected chi connectivity index (χ2v) is 18.8. The molecular formula is C60H100NO8+.